The Morgan fingerprint density at radius 2 is 1.82 bits per heavy atom. The molecule has 4 heteroatoms. The van der Waals surface area contributed by atoms with Gasteiger partial charge in [0.2, 0.25) is 0 Å². The minimum absolute atomic E-state index is 0.211. The van der Waals surface area contributed by atoms with Crippen LogP contribution in [0.3, 0.4) is 0 Å². The lowest BCUT2D eigenvalue weighted by atomic mass is 9.81. The Morgan fingerprint density at radius 3 is 2.35 bits per heavy atom. The molecule has 0 nitrogen and oxygen atoms in total. The molecule has 17 heavy (non-hydrogen) atoms. The van der Waals surface area contributed by atoms with Crippen molar-refractivity contribution in [1.82, 2.24) is 0 Å². The summed E-state index contributed by atoms with van der Waals surface area (Å²) in [6.07, 6.45) is 3.26. The van der Waals surface area contributed by atoms with Crippen LogP contribution in [0, 0.1) is 5.41 Å². The van der Waals surface area contributed by atoms with E-state index in [1.54, 1.807) is 0 Å². The van der Waals surface area contributed by atoms with Gasteiger partial charge in [-0.25, -0.2) is 0 Å². The van der Waals surface area contributed by atoms with E-state index in [1.165, 1.54) is 0 Å². The Hall–Kier alpha value is 0.760. The molecule has 0 heterocycles. The molecule has 0 amide bonds. The maximum absolute atomic E-state index is 6.23. The Bertz CT molecular complexity index is 362. The molecule has 0 aliphatic heterocycles. The van der Waals surface area contributed by atoms with E-state index in [0.717, 1.165) is 45.5 Å². The van der Waals surface area contributed by atoms with Gasteiger partial charge in [-0.15, -0.1) is 0 Å². The Balaban J connectivity index is 2.96. The van der Waals surface area contributed by atoms with Gasteiger partial charge in [-0.2, -0.15) is 0 Å². The first-order valence-electron chi connectivity index (χ1n) is 5.63. The van der Waals surface area contributed by atoms with Crippen molar-refractivity contribution in [3.05, 3.63) is 33.8 Å². The first-order valence-corrected chi connectivity index (χ1v) is 8.62. The Morgan fingerprint density at radius 1 is 1.18 bits per heavy atom. The second-order valence-electron chi connectivity index (χ2n) is 4.43. The Kier molecular flexibility index (Phi) is 6.86. The topological polar surface area (TPSA) is 0 Å². The van der Waals surface area contributed by atoms with Crippen LogP contribution in [0.1, 0.15) is 25.3 Å². The lowest BCUT2D eigenvalue weighted by Crippen LogP contribution is -2.27. The maximum atomic E-state index is 6.23. The summed E-state index contributed by atoms with van der Waals surface area (Å²) in [5.41, 5.74) is 1.34. The van der Waals surface area contributed by atoms with Crippen LogP contribution in [0.5, 0.6) is 0 Å². The molecule has 0 bridgehead atoms. The normalized spacial score (nSPS) is 11.8. The standard InChI is InChI=1S/C13H16Br2Cl2/c1-2-5-13(8-14,9-15)7-10-6-11(16)3-4-12(10)17/h3-4,6H,2,5,7-9H2,1H3. The highest BCUT2D eigenvalue weighted by Crippen LogP contribution is 2.35. The maximum Gasteiger partial charge on any atom is 0.0439 e. The van der Waals surface area contributed by atoms with Gasteiger partial charge in [0.15, 0.2) is 0 Å². The lowest BCUT2D eigenvalue weighted by Gasteiger charge is -2.30. The molecule has 0 spiro atoms. The fourth-order valence-electron chi connectivity index (χ4n) is 1.97. The molecular formula is C13H16Br2Cl2. The van der Waals surface area contributed by atoms with Crippen LogP contribution in [0.4, 0.5) is 0 Å². The molecule has 96 valence electrons. The van der Waals surface area contributed by atoms with Gasteiger partial charge in [-0.3, -0.25) is 0 Å². The zero-order valence-corrected chi connectivity index (χ0v) is 14.5. The van der Waals surface area contributed by atoms with E-state index in [2.05, 4.69) is 38.8 Å². The predicted molar refractivity (Wildman–Crippen MR) is 85.1 cm³/mol. The summed E-state index contributed by atoms with van der Waals surface area (Å²) in [5, 5.41) is 3.47. The van der Waals surface area contributed by atoms with Crippen LogP contribution < -0.4 is 0 Å². The third-order valence-corrected chi connectivity index (χ3v) is 5.90. The summed E-state index contributed by atoms with van der Waals surface area (Å²) in [7, 11) is 0. The van der Waals surface area contributed by atoms with E-state index in [-0.39, 0.29) is 5.41 Å². The molecule has 0 saturated heterocycles. The second kappa shape index (κ2) is 7.37. The first kappa shape index (κ1) is 15.8. The molecule has 1 aromatic carbocycles. The lowest BCUT2D eigenvalue weighted by molar-refractivity contribution is 0.352. The second-order valence-corrected chi connectivity index (χ2v) is 6.39. The molecule has 0 atom stereocenters. The third kappa shape index (κ3) is 4.41. The van der Waals surface area contributed by atoms with Crippen molar-refractivity contribution >= 4 is 55.1 Å². The van der Waals surface area contributed by atoms with Crippen molar-refractivity contribution in [2.75, 3.05) is 10.7 Å². The van der Waals surface area contributed by atoms with Crippen LogP contribution in [0.2, 0.25) is 10.0 Å². The smallest absolute Gasteiger partial charge is 0.0439 e. The highest BCUT2D eigenvalue weighted by molar-refractivity contribution is 9.09. The van der Waals surface area contributed by atoms with Crippen molar-refractivity contribution in [1.29, 1.82) is 0 Å². The van der Waals surface area contributed by atoms with Gasteiger partial charge >= 0.3 is 0 Å². The number of alkyl halides is 2. The molecule has 0 aromatic heterocycles. The summed E-state index contributed by atoms with van der Waals surface area (Å²) in [5.74, 6) is 0. The minimum Gasteiger partial charge on any atom is -0.0922 e. The zero-order valence-electron chi connectivity index (χ0n) is 9.78. The van der Waals surface area contributed by atoms with Crippen LogP contribution in [0.15, 0.2) is 18.2 Å². The molecule has 0 aliphatic rings. The summed E-state index contributed by atoms with van der Waals surface area (Å²) in [6, 6.07) is 5.68. The summed E-state index contributed by atoms with van der Waals surface area (Å²) >= 11 is 19.5. The first-order chi connectivity index (χ1) is 8.06. The van der Waals surface area contributed by atoms with E-state index < -0.39 is 0 Å². The van der Waals surface area contributed by atoms with Crippen molar-refractivity contribution in [3.8, 4) is 0 Å². The molecule has 0 aliphatic carbocycles. The van der Waals surface area contributed by atoms with Crippen LogP contribution in [-0.4, -0.2) is 10.7 Å². The fourth-order valence-corrected chi connectivity index (χ4v) is 4.23. The molecule has 0 saturated carbocycles. The third-order valence-electron chi connectivity index (χ3n) is 2.92. The number of hydrogen-bond donors (Lipinski definition) is 0. The zero-order chi connectivity index (χ0) is 12.9. The fraction of sp³-hybridized carbons (Fsp3) is 0.538. The number of hydrogen-bond acceptors (Lipinski definition) is 0. The average Bonchev–Trinajstić information content (AvgIpc) is 2.33. The number of rotatable bonds is 6. The SMILES string of the molecule is CCCC(CBr)(CBr)Cc1cc(Cl)ccc1Cl. The molecule has 1 aromatic rings. The summed E-state index contributed by atoms with van der Waals surface area (Å²) in [6.45, 7) is 2.21. The minimum atomic E-state index is 0.211. The Labute approximate surface area is 130 Å². The van der Waals surface area contributed by atoms with E-state index >= 15 is 0 Å². The van der Waals surface area contributed by atoms with Gasteiger partial charge in [0, 0.05) is 20.7 Å². The average molecular weight is 403 g/mol. The number of benzene rings is 1. The highest BCUT2D eigenvalue weighted by atomic mass is 79.9. The van der Waals surface area contributed by atoms with Gasteiger partial charge in [0.25, 0.3) is 0 Å². The monoisotopic (exact) mass is 400 g/mol. The number of halogens is 4. The molecule has 0 N–H and O–H groups in total. The van der Waals surface area contributed by atoms with Crippen molar-refractivity contribution in [2.24, 2.45) is 5.41 Å². The molecule has 0 fully saturated rings. The van der Waals surface area contributed by atoms with E-state index in [1.807, 2.05) is 18.2 Å². The molecular weight excluding hydrogens is 387 g/mol. The van der Waals surface area contributed by atoms with E-state index in [0.29, 0.717) is 0 Å². The summed E-state index contributed by atoms with van der Waals surface area (Å²) in [4.78, 5) is 0. The van der Waals surface area contributed by atoms with Crippen molar-refractivity contribution in [3.63, 3.8) is 0 Å². The molecule has 1 rings (SSSR count). The van der Waals surface area contributed by atoms with Gasteiger partial charge in [0.1, 0.15) is 0 Å². The van der Waals surface area contributed by atoms with Crippen molar-refractivity contribution < 1.29 is 0 Å². The molecule has 0 unspecified atom stereocenters. The quantitative estimate of drug-likeness (QED) is 0.503. The predicted octanol–water partition coefficient (Wildman–Crippen LogP) is 6.11. The molecule has 0 radical (unpaired) electrons. The van der Waals surface area contributed by atoms with Crippen LogP contribution in [-0.2, 0) is 6.42 Å². The van der Waals surface area contributed by atoms with E-state index in [4.69, 9.17) is 23.2 Å². The van der Waals surface area contributed by atoms with Crippen LogP contribution in [0.25, 0.3) is 0 Å². The van der Waals surface area contributed by atoms with E-state index in [9.17, 15) is 0 Å². The van der Waals surface area contributed by atoms with Gasteiger partial charge in [0.05, 0.1) is 0 Å². The van der Waals surface area contributed by atoms with Gasteiger partial charge < -0.3 is 0 Å². The summed E-state index contributed by atoms with van der Waals surface area (Å²) < 4.78 is 0. The highest BCUT2D eigenvalue weighted by Gasteiger charge is 2.28. The van der Waals surface area contributed by atoms with Crippen molar-refractivity contribution in [2.45, 2.75) is 26.2 Å². The largest absolute Gasteiger partial charge is 0.0922 e. The van der Waals surface area contributed by atoms with Gasteiger partial charge in [-0.05, 0) is 42.0 Å². The van der Waals surface area contributed by atoms with Gasteiger partial charge in [-0.1, -0.05) is 68.4 Å². The van der Waals surface area contributed by atoms with Crippen LogP contribution >= 0.6 is 55.1 Å².